The summed E-state index contributed by atoms with van der Waals surface area (Å²) in [6, 6.07) is 11.1. The van der Waals surface area contributed by atoms with Crippen LogP contribution in [0.25, 0.3) is 10.9 Å². The van der Waals surface area contributed by atoms with Gasteiger partial charge in [-0.15, -0.1) is 0 Å². The third-order valence-electron chi connectivity index (χ3n) is 6.97. The Hall–Kier alpha value is -5.44. The second-order valence-corrected chi connectivity index (χ2v) is 10.5. The van der Waals surface area contributed by atoms with E-state index in [-0.39, 0.29) is 38.2 Å². The summed E-state index contributed by atoms with van der Waals surface area (Å²) in [5.41, 5.74) is 24.4. The summed E-state index contributed by atoms with van der Waals surface area (Å²) in [6.07, 6.45) is 1.56. The van der Waals surface area contributed by atoms with Crippen LogP contribution in [0.5, 0.6) is 0 Å². The molecule has 45 heavy (non-hydrogen) atoms. The first-order valence-electron chi connectivity index (χ1n) is 14.3. The molecule has 4 atom stereocenters. The number of hydrogen-bond acceptors (Lipinski definition) is 7. The first-order valence-corrected chi connectivity index (χ1v) is 14.3. The number of aromatic nitrogens is 1. The summed E-state index contributed by atoms with van der Waals surface area (Å²) < 4.78 is 0. The van der Waals surface area contributed by atoms with Gasteiger partial charge in [0.25, 0.3) is 0 Å². The van der Waals surface area contributed by atoms with Crippen LogP contribution in [0.2, 0.25) is 0 Å². The number of carboxylic acids is 1. The van der Waals surface area contributed by atoms with Crippen molar-refractivity contribution in [2.45, 2.75) is 56.3 Å². The van der Waals surface area contributed by atoms with Crippen molar-refractivity contribution in [3.05, 3.63) is 71.9 Å². The van der Waals surface area contributed by atoms with Gasteiger partial charge in [-0.2, -0.15) is 0 Å². The standard InChI is InChI=1S/C30H39N9O6/c31-20(14-18-16-36-21-10-5-4-9-19(18)21)26(41)38-24(15-25(32)40)28(43)39-23(13-17-7-2-1-3-8-17)27(42)37-22(29(44)45)11-6-12-35-30(33)34/h1-5,7-10,16,20,22-24,36H,6,11-15,31H2,(H2,32,40)(H,37,42)(H,38,41)(H,39,43)(H,44,45)(H4,33,34,35). The Bertz CT molecular complexity index is 1520. The van der Waals surface area contributed by atoms with E-state index in [9.17, 15) is 29.1 Å². The molecule has 0 aliphatic carbocycles. The van der Waals surface area contributed by atoms with E-state index in [4.69, 9.17) is 22.9 Å². The molecule has 1 aromatic heterocycles. The van der Waals surface area contributed by atoms with Crippen LogP contribution in [0.3, 0.4) is 0 Å². The molecule has 15 nitrogen and oxygen atoms in total. The largest absolute Gasteiger partial charge is 0.480 e. The Kier molecular flexibility index (Phi) is 12.4. The number of aromatic amines is 1. The van der Waals surface area contributed by atoms with E-state index in [2.05, 4.69) is 25.9 Å². The molecule has 0 bridgehead atoms. The summed E-state index contributed by atoms with van der Waals surface area (Å²) in [7, 11) is 0. The normalized spacial score (nSPS) is 13.5. The van der Waals surface area contributed by atoms with Gasteiger partial charge in [0.05, 0.1) is 12.5 Å². The second kappa shape index (κ2) is 16.4. The highest BCUT2D eigenvalue weighted by Crippen LogP contribution is 2.19. The number of rotatable bonds is 17. The maximum atomic E-state index is 13.4. The van der Waals surface area contributed by atoms with Crippen molar-refractivity contribution < 1.29 is 29.1 Å². The first-order chi connectivity index (χ1) is 21.4. The molecule has 0 spiro atoms. The minimum absolute atomic E-state index is 0.0124. The van der Waals surface area contributed by atoms with Crippen molar-refractivity contribution in [2.24, 2.45) is 27.9 Å². The van der Waals surface area contributed by atoms with Crippen LogP contribution >= 0.6 is 0 Å². The van der Waals surface area contributed by atoms with E-state index in [1.807, 2.05) is 24.3 Å². The monoisotopic (exact) mass is 621 g/mol. The summed E-state index contributed by atoms with van der Waals surface area (Å²) in [4.78, 5) is 70.4. The molecule has 4 amide bonds. The second-order valence-electron chi connectivity index (χ2n) is 10.5. The molecule has 13 N–H and O–H groups in total. The SMILES string of the molecule is NC(=O)CC(NC(=O)C(N)Cc1c[nH]c2ccccc12)C(=O)NC(Cc1ccccc1)C(=O)NC(CCCN=C(N)N)C(=O)O. The fourth-order valence-corrected chi connectivity index (χ4v) is 4.68. The lowest BCUT2D eigenvalue weighted by molar-refractivity contribution is -0.142. The summed E-state index contributed by atoms with van der Waals surface area (Å²) in [5, 5.41) is 18.0. The Morgan fingerprint density at radius 1 is 0.800 bits per heavy atom. The van der Waals surface area contributed by atoms with Gasteiger partial charge in [-0.05, 0) is 36.5 Å². The highest BCUT2D eigenvalue weighted by atomic mass is 16.4. The van der Waals surface area contributed by atoms with Crippen LogP contribution in [0.15, 0.2) is 65.8 Å². The van der Waals surface area contributed by atoms with Gasteiger partial charge >= 0.3 is 5.97 Å². The molecule has 1 heterocycles. The Morgan fingerprint density at radius 2 is 1.42 bits per heavy atom. The van der Waals surface area contributed by atoms with Crippen molar-refractivity contribution >= 4 is 46.5 Å². The number of H-pyrrole nitrogens is 1. The zero-order valence-electron chi connectivity index (χ0n) is 24.6. The number of amides is 4. The van der Waals surface area contributed by atoms with Crippen LogP contribution in [0.4, 0.5) is 0 Å². The predicted octanol–water partition coefficient (Wildman–Crippen LogP) is -1.25. The fraction of sp³-hybridized carbons (Fsp3) is 0.333. The number of nitrogens with zero attached hydrogens (tertiary/aromatic N) is 1. The number of carbonyl (C=O) groups excluding carboxylic acids is 4. The number of primary amides is 1. The van der Waals surface area contributed by atoms with Gasteiger partial charge in [0.15, 0.2) is 5.96 Å². The molecular weight excluding hydrogens is 582 g/mol. The zero-order chi connectivity index (χ0) is 32.9. The molecule has 2 aromatic carbocycles. The molecule has 0 radical (unpaired) electrons. The van der Waals surface area contributed by atoms with Gasteiger partial charge in [-0.1, -0.05) is 48.5 Å². The number of carbonyl (C=O) groups is 5. The summed E-state index contributed by atoms with van der Waals surface area (Å²) in [5.74, 6) is -4.69. The Labute approximate surface area is 259 Å². The maximum absolute atomic E-state index is 13.4. The minimum Gasteiger partial charge on any atom is -0.480 e. The van der Waals surface area contributed by atoms with Crippen molar-refractivity contribution in [3.8, 4) is 0 Å². The topological polar surface area (TPSA) is 274 Å². The van der Waals surface area contributed by atoms with E-state index >= 15 is 0 Å². The third-order valence-corrected chi connectivity index (χ3v) is 6.97. The van der Waals surface area contributed by atoms with Gasteiger partial charge in [0, 0.05) is 30.1 Å². The smallest absolute Gasteiger partial charge is 0.326 e. The highest BCUT2D eigenvalue weighted by molar-refractivity contribution is 5.96. The number of guanidine groups is 1. The van der Waals surface area contributed by atoms with Gasteiger partial charge in [0.1, 0.15) is 18.1 Å². The third kappa shape index (κ3) is 10.7. The number of aliphatic imine (C=N–C) groups is 1. The van der Waals surface area contributed by atoms with Crippen LogP contribution in [-0.2, 0) is 36.8 Å². The maximum Gasteiger partial charge on any atom is 0.326 e. The van der Waals surface area contributed by atoms with Crippen LogP contribution < -0.4 is 38.9 Å². The number of nitrogens with one attached hydrogen (secondary N) is 4. The van der Waals surface area contributed by atoms with Gasteiger partial charge in [-0.25, -0.2) is 4.79 Å². The number of nitrogens with two attached hydrogens (primary N) is 4. The number of hydrogen-bond donors (Lipinski definition) is 9. The van der Waals surface area contributed by atoms with E-state index in [0.29, 0.717) is 5.56 Å². The van der Waals surface area contributed by atoms with Crippen molar-refractivity contribution in [1.29, 1.82) is 0 Å². The predicted molar refractivity (Wildman–Crippen MR) is 167 cm³/mol. The average molecular weight is 622 g/mol. The van der Waals surface area contributed by atoms with Crippen molar-refractivity contribution in [2.75, 3.05) is 6.54 Å². The molecule has 3 aromatic rings. The van der Waals surface area contributed by atoms with Gasteiger partial charge in [-0.3, -0.25) is 24.2 Å². The molecule has 3 rings (SSSR count). The van der Waals surface area contributed by atoms with Crippen LogP contribution in [0, 0.1) is 0 Å². The van der Waals surface area contributed by atoms with Gasteiger partial charge < -0.3 is 49.0 Å². The minimum atomic E-state index is -1.45. The Balaban J connectivity index is 1.74. The molecule has 0 aliphatic rings. The lowest BCUT2D eigenvalue weighted by Gasteiger charge is -2.25. The van der Waals surface area contributed by atoms with E-state index < -0.39 is 60.2 Å². The fourth-order valence-electron chi connectivity index (χ4n) is 4.68. The first kappa shape index (κ1) is 34.1. The number of aliphatic carboxylic acids is 1. The van der Waals surface area contributed by atoms with Crippen LogP contribution in [0.1, 0.15) is 30.4 Å². The molecule has 0 saturated heterocycles. The van der Waals surface area contributed by atoms with E-state index in [0.717, 1.165) is 16.5 Å². The molecule has 15 heteroatoms. The number of fused-ring (bicyclic) bond motifs is 1. The molecule has 0 saturated carbocycles. The van der Waals surface area contributed by atoms with Crippen molar-refractivity contribution in [3.63, 3.8) is 0 Å². The van der Waals surface area contributed by atoms with Crippen molar-refractivity contribution in [1.82, 2.24) is 20.9 Å². The van der Waals surface area contributed by atoms with E-state index in [1.165, 1.54) is 0 Å². The Morgan fingerprint density at radius 3 is 2.09 bits per heavy atom. The summed E-state index contributed by atoms with van der Waals surface area (Å²) >= 11 is 0. The molecule has 4 unspecified atom stereocenters. The quantitative estimate of drug-likeness (QED) is 0.0494. The molecular formula is C30H39N9O6. The van der Waals surface area contributed by atoms with Gasteiger partial charge in [0.2, 0.25) is 23.6 Å². The lowest BCUT2D eigenvalue weighted by Crippen LogP contribution is -2.58. The molecule has 0 aliphatic heterocycles. The van der Waals surface area contributed by atoms with Crippen LogP contribution in [-0.4, -0.2) is 76.4 Å². The zero-order valence-corrected chi connectivity index (χ0v) is 24.6. The van der Waals surface area contributed by atoms with E-state index in [1.54, 1.807) is 36.5 Å². The lowest BCUT2D eigenvalue weighted by atomic mass is 10.0. The molecule has 0 fully saturated rings. The average Bonchev–Trinajstić information content (AvgIpc) is 3.40. The molecule has 240 valence electrons. The highest BCUT2D eigenvalue weighted by Gasteiger charge is 2.31. The number of benzene rings is 2. The number of para-hydroxylation sites is 1. The number of carboxylic acid groups (broad SMARTS) is 1. The summed E-state index contributed by atoms with van der Waals surface area (Å²) in [6.45, 7) is 0.156.